The van der Waals surface area contributed by atoms with Gasteiger partial charge < -0.3 is 4.90 Å². The van der Waals surface area contributed by atoms with Crippen molar-refractivity contribution in [1.82, 2.24) is 4.98 Å². The Morgan fingerprint density at radius 3 is 2.63 bits per heavy atom. The summed E-state index contributed by atoms with van der Waals surface area (Å²) in [7, 11) is 3.94. The van der Waals surface area contributed by atoms with E-state index in [2.05, 4.69) is 11.1 Å². The number of benzene rings is 2. The van der Waals surface area contributed by atoms with Crippen molar-refractivity contribution in [1.29, 1.82) is 5.26 Å². The Balaban J connectivity index is 1.90. The van der Waals surface area contributed by atoms with Gasteiger partial charge in [0.2, 0.25) is 0 Å². The molecule has 0 N–H and O–H groups in total. The van der Waals surface area contributed by atoms with Crippen molar-refractivity contribution in [3.8, 4) is 17.3 Å². The van der Waals surface area contributed by atoms with Crippen LogP contribution in [0.5, 0.6) is 0 Å². The molecule has 0 aliphatic carbocycles. The molecule has 0 atom stereocenters. The van der Waals surface area contributed by atoms with E-state index in [0.717, 1.165) is 11.3 Å². The van der Waals surface area contributed by atoms with Gasteiger partial charge in [-0.3, -0.25) is 10.1 Å². The Kier molecular flexibility index (Phi) is 5.29. The van der Waals surface area contributed by atoms with Crippen molar-refractivity contribution in [2.75, 3.05) is 19.0 Å². The van der Waals surface area contributed by atoms with E-state index in [-0.39, 0.29) is 5.69 Å². The lowest BCUT2D eigenvalue weighted by atomic mass is 10.1. The molecule has 0 saturated carbocycles. The second kappa shape index (κ2) is 7.81. The second-order valence-corrected chi connectivity index (χ2v) is 6.86. The summed E-state index contributed by atoms with van der Waals surface area (Å²) in [6.45, 7) is 0. The van der Waals surface area contributed by atoms with Crippen molar-refractivity contribution in [2.45, 2.75) is 0 Å². The first-order chi connectivity index (χ1) is 13.0. The Morgan fingerprint density at radius 1 is 1.26 bits per heavy atom. The van der Waals surface area contributed by atoms with Gasteiger partial charge in [0.25, 0.3) is 5.69 Å². The summed E-state index contributed by atoms with van der Waals surface area (Å²) < 4.78 is 0. The largest absolute Gasteiger partial charge is 0.378 e. The SMILES string of the molecule is CN(C)c1ccc(/C=C(\C#N)c2nc(-c3cccc([N+](=O)[O-])c3)cs2)cc1. The number of hydrogen-bond donors (Lipinski definition) is 0. The molecule has 6 nitrogen and oxygen atoms in total. The fraction of sp³-hybridized carbons (Fsp3) is 0.100. The lowest BCUT2D eigenvalue weighted by Crippen LogP contribution is -2.07. The molecule has 2 aromatic carbocycles. The first-order valence-electron chi connectivity index (χ1n) is 8.08. The number of hydrogen-bond acceptors (Lipinski definition) is 6. The van der Waals surface area contributed by atoms with Crippen LogP contribution in [0, 0.1) is 21.4 Å². The summed E-state index contributed by atoms with van der Waals surface area (Å²) in [6.07, 6.45) is 1.79. The topological polar surface area (TPSA) is 83.1 Å². The molecule has 0 aliphatic rings. The highest BCUT2D eigenvalue weighted by Crippen LogP contribution is 2.29. The Hall–Kier alpha value is -3.50. The maximum absolute atomic E-state index is 10.9. The smallest absolute Gasteiger partial charge is 0.270 e. The predicted molar refractivity (Wildman–Crippen MR) is 108 cm³/mol. The zero-order valence-electron chi connectivity index (χ0n) is 14.8. The first-order valence-corrected chi connectivity index (χ1v) is 8.96. The van der Waals surface area contributed by atoms with Gasteiger partial charge in [-0.1, -0.05) is 24.3 Å². The molecule has 0 amide bonds. The predicted octanol–water partition coefficient (Wildman–Crippen LogP) is 4.85. The summed E-state index contributed by atoms with van der Waals surface area (Å²) >= 11 is 1.34. The van der Waals surface area contributed by atoms with Crippen molar-refractivity contribution in [3.05, 3.63) is 74.6 Å². The number of rotatable bonds is 5. The van der Waals surface area contributed by atoms with E-state index < -0.39 is 4.92 Å². The molecule has 0 bridgehead atoms. The summed E-state index contributed by atoms with van der Waals surface area (Å²) in [6, 6.07) is 16.4. The summed E-state index contributed by atoms with van der Waals surface area (Å²) in [4.78, 5) is 17.0. The molecule has 3 aromatic rings. The van der Waals surface area contributed by atoms with E-state index in [1.54, 1.807) is 23.6 Å². The zero-order valence-corrected chi connectivity index (χ0v) is 15.6. The van der Waals surface area contributed by atoms with Gasteiger partial charge in [0.05, 0.1) is 16.2 Å². The summed E-state index contributed by atoms with van der Waals surface area (Å²) in [5.41, 5.74) is 3.72. The maximum Gasteiger partial charge on any atom is 0.270 e. The highest BCUT2D eigenvalue weighted by atomic mass is 32.1. The van der Waals surface area contributed by atoms with E-state index >= 15 is 0 Å². The fourth-order valence-corrected chi connectivity index (χ4v) is 3.28. The molecular weight excluding hydrogens is 360 g/mol. The Labute approximate surface area is 160 Å². The van der Waals surface area contributed by atoms with Crippen molar-refractivity contribution in [2.24, 2.45) is 0 Å². The highest BCUT2D eigenvalue weighted by Gasteiger charge is 2.12. The van der Waals surface area contributed by atoms with Crippen LogP contribution >= 0.6 is 11.3 Å². The molecule has 27 heavy (non-hydrogen) atoms. The van der Waals surface area contributed by atoms with Crippen LogP contribution in [0.4, 0.5) is 11.4 Å². The summed E-state index contributed by atoms with van der Waals surface area (Å²) in [5, 5.41) is 22.9. The lowest BCUT2D eigenvalue weighted by molar-refractivity contribution is -0.384. The average molecular weight is 376 g/mol. The number of nitriles is 1. The van der Waals surface area contributed by atoms with Crippen molar-refractivity contribution in [3.63, 3.8) is 0 Å². The van der Waals surface area contributed by atoms with Gasteiger partial charge >= 0.3 is 0 Å². The molecule has 7 heteroatoms. The number of aromatic nitrogens is 1. The van der Waals surface area contributed by atoms with Gasteiger partial charge in [-0.15, -0.1) is 11.3 Å². The maximum atomic E-state index is 10.9. The quantitative estimate of drug-likeness (QED) is 0.361. The molecule has 0 spiro atoms. The zero-order chi connectivity index (χ0) is 19.4. The monoisotopic (exact) mass is 376 g/mol. The molecule has 0 unspecified atom stereocenters. The molecular formula is C20H16N4O2S. The van der Waals surface area contributed by atoms with Crippen LogP contribution in [0.15, 0.2) is 53.9 Å². The van der Waals surface area contributed by atoms with E-state index in [0.29, 0.717) is 21.8 Å². The third kappa shape index (κ3) is 4.19. The third-order valence-electron chi connectivity index (χ3n) is 3.93. The van der Waals surface area contributed by atoms with E-state index in [4.69, 9.17) is 0 Å². The van der Waals surface area contributed by atoms with Crippen molar-refractivity contribution < 1.29 is 4.92 Å². The Morgan fingerprint density at radius 2 is 2.00 bits per heavy atom. The number of thiazole rings is 1. The van der Waals surface area contributed by atoms with Gasteiger partial charge in [-0.2, -0.15) is 5.26 Å². The van der Waals surface area contributed by atoms with Gasteiger partial charge in [0, 0.05) is 42.9 Å². The fourth-order valence-electron chi connectivity index (χ4n) is 2.49. The number of non-ortho nitro benzene ring substituents is 1. The minimum absolute atomic E-state index is 0.0130. The minimum Gasteiger partial charge on any atom is -0.378 e. The molecule has 0 radical (unpaired) electrons. The van der Waals surface area contributed by atoms with Crippen LogP contribution in [0.1, 0.15) is 10.6 Å². The van der Waals surface area contributed by atoms with Gasteiger partial charge in [0.15, 0.2) is 0 Å². The van der Waals surface area contributed by atoms with Crippen LogP contribution in [0.2, 0.25) is 0 Å². The normalized spacial score (nSPS) is 11.1. The van der Waals surface area contributed by atoms with Gasteiger partial charge in [-0.05, 0) is 23.8 Å². The van der Waals surface area contributed by atoms with Crippen molar-refractivity contribution >= 4 is 34.4 Å². The number of anilines is 1. The molecule has 0 aliphatic heterocycles. The molecule has 1 aromatic heterocycles. The van der Waals surface area contributed by atoms with Crippen LogP contribution < -0.4 is 4.90 Å². The third-order valence-corrected chi connectivity index (χ3v) is 4.80. The minimum atomic E-state index is -0.436. The van der Waals surface area contributed by atoms with Gasteiger partial charge in [-0.25, -0.2) is 4.98 Å². The molecule has 0 saturated heterocycles. The van der Waals surface area contributed by atoms with Gasteiger partial charge in [0.1, 0.15) is 11.1 Å². The lowest BCUT2D eigenvalue weighted by Gasteiger charge is -2.11. The van der Waals surface area contributed by atoms with Crippen LogP contribution in [-0.2, 0) is 0 Å². The molecule has 1 heterocycles. The van der Waals surface area contributed by atoms with Crippen LogP contribution in [0.25, 0.3) is 22.9 Å². The first kappa shape index (κ1) is 18.3. The molecule has 134 valence electrons. The summed E-state index contributed by atoms with van der Waals surface area (Å²) in [5.74, 6) is 0. The van der Waals surface area contributed by atoms with E-state index in [1.165, 1.54) is 23.5 Å². The molecule has 3 rings (SSSR count). The van der Waals surface area contributed by atoms with Crippen LogP contribution in [-0.4, -0.2) is 24.0 Å². The number of allylic oxidation sites excluding steroid dienone is 1. The number of nitro groups is 1. The van der Waals surface area contributed by atoms with E-state index in [1.807, 2.05) is 43.3 Å². The highest BCUT2D eigenvalue weighted by molar-refractivity contribution is 7.11. The molecule has 0 fully saturated rings. The Bertz CT molecular complexity index is 1050. The number of nitrogens with zero attached hydrogens (tertiary/aromatic N) is 4. The van der Waals surface area contributed by atoms with E-state index in [9.17, 15) is 15.4 Å². The number of nitro benzene ring substituents is 1. The average Bonchev–Trinajstić information content (AvgIpc) is 3.16. The van der Waals surface area contributed by atoms with Crippen LogP contribution in [0.3, 0.4) is 0 Å². The second-order valence-electron chi connectivity index (χ2n) is 6.00. The standard InChI is InChI=1S/C20H16N4O2S/c1-23(2)17-8-6-14(7-9-17)10-16(12-21)20-22-19(13-27-20)15-4-3-5-18(11-15)24(25)26/h3-11,13H,1-2H3/b16-10+.